The highest BCUT2D eigenvalue weighted by atomic mass is 32.1. The maximum Gasteiger partial charge on any atom is 0.255 e. The van der Waals surface area contributed by atoms with Crippen LogP contribution in [0.1, 0.15) is 0 Å². The third-order valence-electron chi connectivity index (χ3n) is 2.19. The minimum atomic E-state index is -0.657. The van der Waals surface area contributed by atoms with Crippen molar-refractivity contribution in [2.24, 2.45) is 11.5 Å². The first-order chi connectivity index (χ1) is 7.59. The van der Waals surface area contributed by atoms with Gasteiger partial charge in [-0.1, -0.05) is 24.4 Å². The Morgan fingerprint density at radius 3 is 2.31 bits per heavy atom. The van der Waals surface area contributed by atoms with Gasteiger partial charge in [0.15, 0.2) is 0 Å². The van der Waals surface area contributed by atoms with Crippen molar-refractivity contribution in [3.05, 3.63) is 35.7 Å². The van der Waals surface area contributed by atoms with Crippen molar-refractivity contribution in [2.45, 2.75) is 0 Å². The lowest BCUT2D eigenvalue weighted by molar-refractivity contribution is -0.114. The second kappa shape index (κ2) is 3.82. The molecule has 0 saturated carbocycles. The molecule has 0 radical (unpaired) electrons. The number of amides is 1. The van der Waals surface area contributed by atoms with Crippen LogP contribution in [0.15, 0.2) is 35.7 Å². The van der Waals surface area contributed by atoms with Crippen LogP contribution in [0.5, 0.6) is 0 Å². The van der Waals surface area contributed by atoms with E-state index in [1.807, 2.05) is 24.3 Å². The molecule has 1 aromatic rings. The minimum absolute atomic E-state index is 0.103. The molecule has 0 atom stereocenters. The summed E-state index contributed by atoms with van der Waals surface area (Å²) in [6, 6.07) is 7.34. The lowest BCUT2D eigenvalue weighted by Gasteiger charge is -2.07. The molecule has 0 bridgehead atoms. The highest BCUT2D eigenvalue weighted by molar-refractivity contribution is 7.81. The van der Waals surface area contributed by atoms with Crippen LogP contribution >= 0.6 is 12.2 Å². The van der Waals surface area contributed by atoms with Gasteiger partial charge in [0.1, 0.15) is 16.4 Å². The van der Waals surface area contributed by atoms with E-state index in [1.165, 1.54) is 0 Å². The molecule has 1 aliphatic rings. The molecule has 0 unspecified atom stereocenters. The molecule has 6 heteroatoms. The van der Waals surface area contributed by atoms with Crippen molar-refractivity contribution in [1.29, 1.82) is 0 Å². The van der Waals surface area contributed by atoms with Gasteiger partial charge in [-0.3, -0.25) is 4.79 Å². The fourth-order valence-electron chi connectivity index (χ4n) is 1.46. The van der Waals surface area contributed by atoms with Crippen LogP contribution in [0, 0.1) is 0 Å². The Kier molecular flexibility index (Phi) is 2.49. The number of nitrogens with two attached hydrogens (primary N) is 2. The van der Waals surface area contributed by atoms with Gasteiger partial charge in [0.05, 0.1) is 11.4 Å². The van der Waals surface area contributed by atoms with Crippen molar-refractivity contribution in [1.82, 2.24) is 0 Å². The Morgan fingerprint density at radius 2 is 1.75 bits per heavy atom. The van der Waals surface area contributed by atoms with Crippen LogP contribution in [0.2, 0.25) is 0 Å². The Hall–Kier alpha value is -2.08. The Bertz CT molecular complexity index is 509. The maximum atomic E-state index is 11.2. The summed E-state index contributed by atoms with van der Waals surface area (Å²) >= 11 is 5.05. The smallest absolute Gasteiger partial charge is 0.255 e. The number of hydrogen-bond donors (Lipinski definition) is 4. The fourth-order valence-corrected chi connectivity index (χ4v) is 1.78. The first-order valence-electron chi connectivity index (χ1n) is 4.56. The predicted molar refractivity (Wildman–Crippen MR) is 66.7 cm³/mol. The Balaban J connectivity index is 2.51. The molecular weight excluding hydrogens is 224 g/mol. The molecular formula is C10H10N4OS. The summed E-state index contributed by atoms with van der Waals surface area (Å²) in [6.45, 7) is 0. The zero-order valence-corrected chi connectivity index (χ0v) is 9.10. The molecule has 0 saturated heterocycles. The molecule has 16 heavy (non-hydrogen) atoms. The van der Waals surface area contributed by atoms with Gasteiger partial charge in [-0.25, -0.2) is 0 Å². The highest BCUT2D eigenvalue weighted by Gasteiger charge is 2.21. The number of fused-ring (bicyclic) bond motifs is 1. The molecule has 0 fully saturated rings. The van der Waals surface area contributed by atoms with Gasteiger partial charge in [-0.05, 0) is 12.1 Å². The van der Waals surface area contributed by atoms with E-state index in [1.54, 1.807) is 0 Å². The van der Waals surface area contributed by atoms with Crippen LogP contribution in [-0.2, 0) is 4.79 Å². The van der Waals surface area contributed by atoms with Crippen LogP contribution in [0.4, 0.5) is 11.4 Å². The molecule has 1 aromatic carbocycles. The molecule has 5 nitrogen and oxygen atoms in total. The summed E-state index contributed by atoms with van der Waals surface area (Å²) in [4.78, 5) is 11.4. The molecule has 1 aliphatic heterocycles. The second-order valence-corrected chi connectivity index (χ2v) is 3.69. The topological polar surface area (TPSA) is 93.2 Å². The lowest BCUT2D eigenvalue weighted by atomic mass is 10.2. The van der Waals surface area contributed by atoms with Gasteiger partial charge in [0, 0.05) is 0 Å². The summed E-state index contributed by atoms with van der Waals surface area (Å²) in [5.41, 5.74) is 12.5. The third-order valence-corrected chi connectivity index (χ3v) is 2.49. The van der Waals surface area contributed by atoms with E-state index in [0.29, 0.717) is 0 Å². The summed E-state index contributed by atoms with van der Waals surface area (Å²) in [5, 5.41) is 5.81. The van der Waals surface area contributed by atoms with E-state index >= 15 is 0 Å². The summed E-state index contributed by atoms with van der Waals surface area (Å²) < 4.78 is 0. The largest absolute Gasteiger partial charge is 0.384 e. The number of hydrogen-bond acceptors (Lipinski definition) is 4. The molecule has 0 spiro atoms. The number of thiocarbonyl (C=S) groups is 1. The van der Waals surface area contributed by atoms with E-state index in [4.69, 9.17) is 23.7 Å². The second-order valence-electron chi connectivity index (χ2n) is 3.28. The van der Waals surface area contributed by atoms with E-state index in [0.717, 1.165) is 11.4 Å². The zero-order valence-electron chi connectivity index (χ0n) is 8.28. The quantitative estimate of drug-likeness (QED) is 0.531. The summed E-state index contributed by atoms with van der Waals surface area (Å²) in [6.07, 6.45) is 0. The molecule has 2 rings (SSSR count). The first-order valence-corrected chi connectivity index (χ1v) is 4.97. The molecule has 0 aromatic heterocycles. The van der Waals surface area contributed by atoms with E-state index in [2.05, 4.69) is 10.6 Å². The molecule has 0 aliphatic carbocycles. The minimum Gasteiger partial charge on any atom is -0.384 e. The monoisotopic (exact) mass is 234 g/mol. The predicted octanol–water partition coefficient (Wildman–Crippen LogP) is 0.507. The number of para-hydroxylation sites is 2. The van der Waals surface area contributed by atoms with Crippen LogP contribution in [0.25, 0.3) is 0 Å². The molecule has 1 heterocycles. The van der Waals surface area contributed by atoms with E-state index < -0.39 is 5.91 Å². The normalized spacial score (nSPS) is 14.6. The fraction of sp³-hybridized carbons (Fsp3) is 0. The number of benzene rings is 1. The Labute approximate surface area is 97.5 Å². The number of carbonyl (C=O) groups excluding carboxylic acids is 1. The van der Waals surface area contributed by atoms with Gasteiger partial charge in [0.2, 0.25) is 0 Å². The van der Waals surface area contributed by atoms with Gasteiger partial charge in [0.25, 0.3) is 5.91 Å². The van der Waals surface area contributed by atoms with Crippen LogP contribution < -0.4 is 22.1 Å². The standard InChI is InChI=1S/C10H10N4OS/c11-8-7(9(12)15)10(16)14-6-4-2-1-3-5(6)13-8/h1-4,13H,11H2,(H2,12,15)(H,14,16). The van der Waals surface area contributed by atoms with Crippen molar-refractivity contribution < 1.29 is 4.79 Å². The van der Waals surface area contributed by atoms with Gasteiger partial charge < -0.3 is 22.1 Å². The third kappa shape index (κ3) is 1.70. The van der Waals surface area contributed by atoms with Crippen molar-refractivity contribution in [2.75, 3.05) is 10.6 Å². The molecule has 82 valence electrons. The average molecular weight is 234 g/mol. The first kappa shape index (κ1) is 10.4. The summed E-state index contributed by atoms with van der Waals surface area (Å²) in [5.74, 6) is -0.495. The van der Waals surface area contributed by atoms with Gasteiger partial charge in [-0.2, -0.15) is 0 Å². The van der Waals surface area contributed by atoms with Crippen molar-refractivity contribution >= 4 is 34.5 Å². The summed E-state index contributed by atoms with van der Waals surface area (Å²) in [7, 11) is 0. The number of carbonyl (C=O) groups is 1. The van der Waals surface area contributed by atoms with Gasteiger partial charge >= 0.3 is 0 Å². The van der Waals surface area contributed by atoms with Crippen LogP contribution in [-0.4, -0.2) is 10.9 Å². The number of primary amides is 1. The lowest BCUT2D eigenvalue weighted by Crippen LogP contribution is -2.28. The highest BCUT2D eigenvalue weighted by Crippen LogP contribution is 2.26. The van der Waals surface area contributed by atoms with E-state index in [-0.39, 0.29) is 16.4 Å². The average Bonchev–Trinajstić information content (AvgIpc) is 2.32. The van der Waals surface area contributed by atoms with Gasteiger partial charge in [-0.15, -0.1) is 0 Å². The van der Waals surface area contributed by atoms with Crippen molar-refractivity contribution in [3.63, 3.8) is 0 Å². The Morgan fingerprint density at radius 1 is 1.19 bits per heavy atom. The number of nitrogens with one attached hydrogen (secondary N) is 2. The van der Waals surface area contributed by atoms with Crippen LogP contribution in [0.3, 0.4) is 0 Å². The maximum absolute atomic E-state index is 11.2. The number of rotatable bonds is 1. The number of anilines is 2. The molecule has 6 N–H and O–H groups in total. The van der Waals surface area contributed by atoms with E-state index in [9.17, 15) is 4.79 Å². The van der Waals surface area contributed by atoms with Crippen molar-refractivity contribution in [3.8, 4) is 0 Å². The SMILES string of the molecule is NC(=O)C1=C(N)Nc2ccccc2NC1=S. The molecule has 1 amide bonds. The zero-order chi connectivity index (χ0) is 11.7.